The van der Waals surface area contributed by atoms with E-state index in [1.54, 1.807) is 0 Å². The Kier molecular flexibility index (Phi) is 5.08. The average molecular weight is 187 g/mol. The van der Waals surface area contributed by atoms with Gasteiger partial charge in [0.15, 0.2) is 0 Å². The maximum Gasteiger partial charge on any atom is 0.00553 e. The molecule has 2 heteroatoms. The highest BCUT2D eigenvalue weighted by Gasteiger charge is 2.20. The Morgan fingerprint density at radius 3 is 2.83 bits per heavy atom. The molecule has 1 fully saturated rings. The van der Waals surface area contributed by atoms with Crippen molar-refractivity contribution in [3.63, 3.8) is 0 Å². The second-order valence-corrected chi connectivity index (χ2v) is 4.97. The Bertz CT molecular complexity index is 116. The van der Waals surface area contributed by atoms with E-state index in [9.17, 15) is 0 Å². The third kappa shape index (κ3) is 3.81. The van der Waals surface area contributed by atoms with Crippen molar-refractivity contribution >= 4 is 11.8 Å². The lowest BCUT2D eigenvalue weighted by Gasteiger charge is -2.10. The van der Waals surface area contributed by atoms with E-state index in [0.29, 0.717) is 0 Å². The Balaban J connectivity index is 1.93. The Labute approximate surface area is 80.7 Å². The van der Waals surface area contributed by atoms with Gasteiger partial charge >= 0.3 is 0 Å². The third-order valence-electron chi connectivity index (χ3n) is 2.72. The molecule has 0 aromatic rings. The van der Waals surface area contributed by atoms with Crippen LogP contribution in [0.5, 0.6) is 0 Å². The lowest BCUT2D eigenvalue weighted by atomic mass is 10.1. The SMILES string of the molecule is CSCCNCC1CCC(C)C1. The summed E-state index contributed by atoms with van der Waals surface area (Å²) in [6.45, 7) is 4.82. The van der Waals surface area contributed by atoms with Crippen molar-refractivity contribution in [2.75, 3.05) is 25.1 Å². The Morgan fingerprint density at radius 2 is 2.25 bits per heavy atom. The van der Waals surface area contributed by atoms with Gasteiger partial charge in [0.05, 0.1) is 0 Å². The number of thioether (sulfide) groups is 1. The molecule has 1 aliphatic rings. The molecular weight excluding hydrogens is 166 g/mol. The molecule has 0 aromatic heterocycles. The molecular formula is C10H21NS. The van der Waals surface area contributed by atoms with Gasteiger partial charge in [0.2, 0.25) is 0 Å². The van der Waals surface area contributed by atoms with E-state index >= 15 is 0 Å². The summed E-state index contributed by atoms with van der Waals surface area (Å²) in [5.41, 5.74) is 0. The molecule has 0 saturated heterocycles. The molecule has 1 nitrogen and oxygen atoms in total. The fourth-order valence-corrected chi connectivity index (χ4v) is 2.34. The van der Waals surface area contributed by atoms with Crippen LogP contribution < -0.4 is 5.32 Å². The van der Waals surface area contributed by atoms with Gasteiger partial charge in [-0.1, -0.05) is 13.3 Å². The maximum absolute atomic E-state index is 3.53. The van der Waals surface area contributed by atoms with Crippen molar-refractivity contribution in [1.82, 2.24) is 5.32 Å². The molecule has 2 unspecified atom stereocenters. The third-order valence-corrected chi connectivity index (χ3v) is 3.33. The van der Waals surface area contributed by atoms with Crippen molar-refractivity contribution in [3.8, 4) is 0 Å². The maximum atomic E-state index is 3.53. The fraction of sp³-hybridized carbons (Fsp3) is 1.00. The topological polar surface area (TPSA) is 12.0 Å². The lowest BCUT2D eigenvalue weighted by molar-refractivity contribution is 0.479. The lowest BCUT2D eigenvalue weighted by Crippen LogP contribution is -2.23. The minimum atomic E-state index is 0.974. The summed E-state index contributed by atoms with van der Waals surface area (Å²) in [6.07, 6.45) is 6.52. The van der Waals surface area contributed by atoms with Gasteiger partial charge in [-0.05, 0) is 37.5 Å². The molecule has 1 N–H and O–H groups in total. The minimum absolute atomic E-state index is 0.974. The Morgan fingerprint density at radius 1 is 1.42 bits per heavy atom. The monoisotopic (exact) mass is 187 g/mol. The van der Waals surface area contributed by atoms with Gasteiger partial charge in [-0.2, -0.15) is 11.8 Å². The quantitative estimate of drug-likeness (QED) is 0.663. The summed E-state index contributed by atoms with van der Waals surface area (Å²) in [7, 11) is 0. The number of rotatable bonds is 5. The second kappa shape index (κ2) is 5.87. The van der Waals surface area contributed by atoms with Crippen LogP contribution in [0, 0.1) is 11.8 Å². The predicted octanol–water partition coefficient (Wildman–Crippen LogP) is 2.38. The molecule has 1 rings (SSSR count). The van der Waals surface area contributed by atoms with Crippen LogP contribution in [0.3, 0.4) is 0 Å². The zero-order chi connectivity index (χ0) is 8.81. The first-order valence-corrected chi connectivity index (χ1v) is 6.42. The van der Waals surface area contributed by atoms with E-state index in [1.807, 2.05) is 11.8 Å². The molecule has 0 bridgehead atoms. The number of hydrogen-bond acceptors (Lipinski definition) is 2. The first kappa shape index (κ1) is 10.4. The van der Waals surface area contributed by atoms with Crippen molar-refractivity contribution < 1.29 is 0 Å². The molecule has 0 aromatic carbocycles. The number of hydrogen-bond donors (Lipinski definition) is 1. The van der Waals surface area contributed by atoms with Crippen molar-refractivity contribution in [2.24, 2.45) is 11.8 Å². The molecule has 0 spiro atoms. The summed E-state index contributed by atoms with van der Waals surface area (Å²) in [5, 5.41) is 3.53. The number of nitrogens with one attached hydrogen (secondary N) is 1. The zero-order valence-corrected chi connectivity index (χ0v) is 9.12. The summed E-state index contributed by atoms with van der Waals surface area (Å²) < 4.78 is 0. The molecule has 1 saturated carbocycles. The molecule has 1 aliphatic carbocycles. The summed E-state index contributed by atoms with van der Waals surface area (Å²) >= 11 is 1.92. The van der Waals surface area contributed by atoms with Crippen LogP contribution >= 0.6 is 11.8 Å². The molecule has 12 heavy (non-hydrogen) atoms. The van der Waals surface area contributed by atoms with Crippen LogP contribution in [0.1, 0.15) is 26.2 Å². The molecule has 0 amide bonds. The normalized spacial score (nSPS) is 29.5. The van der Waals surface area contributed by atoms with E-state index in [2.05, 4.69) is 18.5 Å². The van der Waals surface area contributed by atoms with Crippen LogP contribution in [0.2, 0.25) is 0 Å². The van der Waals surface area contributed by atoms with E-state index in [4.69, 9.17) is 0 Å². The highest BCUT2D eigenvalue weighted by atomic mass is 32.2. The molecule has 2 atom stereocenters. The summed E-state index contributed by atoms with van der Waals surface area (Å²) in [6, 6.07) is 0. The molecule has 0 heterocycles. The van der Waals surface area contributed by atoms with Gasteiger partial charge in [0.1, 0.15) is 0 Å². The predicted molar refractivity (Wildman–Crippen MR) is 57.8 cm³/mol. The van der Waals surface area contributed by atoms with E-state index in [-0.39, 0.29) is 0 Å². The standard InChI is InChI=1S/C10H21NS/c1-9-3-4-10(7-9)8-11-5-6-12-2/h9-11H,3-8H2,1-2H3. The fourth-order valence-electron chi connectivity index (χ4n) is 1.99. The van der Waals surface area contributed by atoms with Crippen LogP contribution in [-0.4, -0.2) is 25.1 Å². The summed E-state index contributed by atoms with van der Waals surface area (Å²) in [4.78, 5) is 0. The van der Waals surface area contributed by atoms with Gasteiger partial charge in [-0.25, -0.2) is 0 Å². The summed E-state index contributed by atoms with van der Waals surface area (Å²) in [5.74, 6) is 3.21. The second-order valence-electron chi connectivity index (χ2n) is 3.98. The average Bonchev–Trinajstić information content (AvgIpc) is 2.45. The minimum Gasteiger partial charge on any atom is -0.316 e. The zero-order valence-electron chi connectivity index (χ0n) is 8.31. The van der Waals surface area contributed by atoms with Crippen molar-refractivity contribution in [1.29, 1.82) is 0 Å². The molecule has 0 aliphatic heterocycles. The van der Waals surface area contributed by atoms with E-state index in [0.717, 1.165) is 11.8 Å². The highest BCUT2D eigenvalue weighted by molar-refractivity contribution is 7.98. The molecule has 0 radical (unpaired) electrons. The smallest absolute Gasteiger partial charge is 0.00553 e. The Hall–Kier alpha value is 0.310. The molecule has 72 valence electrons. The van der Waals surface area contributed by atoms with Crippen LogP contribution in [-0.2, 0) is 0 Å². The van der Waals surface area contributed by atoms with Crippen molar-refractivity contribution in [2.45, 2.75) is 26.2 Å². The van der Waals surface area contributed by atoms with Crippen LogP contribution in [0.15, 0.2) is 0 Å². The highest BCUT2D eigenvalue weighted by Crippen LogP contribution is 2.29. The van der Waals surface area contributed by atoms with Gasteiger partial charge in [0.25, 0.3) is 0 Å². The van der Waals surface area contributed by atoms with Crippen molar-refractivity contribution in [3.05, 3.63) is 0 Å². The van der Waals surface area contributed by atoms with Gasteiger partial charge in [-0.3, -0.25) is 0 Å². The van der Waals surface area contributed by atoms with Gasteiger partial charge in [-0.15, -0.1) is 0 Å². The first-order valence-electron chi connectivity index (χ1n) is 5.02. The van der Waals surface area contributed by atoms with Gasteiger partial charge in [0, 0.05) is 12.3 Å². The van der Waals surface area contributed by atoms with E-state index < -0.39 is 0 Å². The van der Waals surface area contributed by atoms with Crippen LogP contribution in [0.4, 0.5) is 0 Å². The first-order chi connectivity index (χ1) is 5.83. The van der Waals surface area contributed by atoms with E-state index in [1.165, 1.54) is 38.1 Å². The largest absolute Gasteiger partial charge is 0.316 e. The van der Waals surface area contributed by atoms with Crippen LogP contribution in [0.25, 0.3) is 0 Å². The van der Waals surface area contributed by atoms with Gasteiger partial charge < -0.3 is 5.32 Å².